The fourth-order valence-electron chi connectivity index (χ4n) is 1.73. The Bertz CT molecular complexity index is 468. The first kappa shape index (κ1) is 11.8. The Balaban J connectivity index is 2.14. The van der Waals surface area contributed by atoms with E-state index in [0.29, 0.717) is 5.76 Å². The average molecular weight is 234 g/mol. The lowest BCUT2D eigenvalue weighted by molar-refractivity contribution is 0.397. The van der Waals surface area contributed by atoms with Crippen molar-refractivity contribution in [2.75, 3.05) is 0 Å². The summed E-state index contributed by atoms with van der Waals surface area (Å²) in [4.78, 5) is 0. The van der Waals surface area contributed by atoms with Gasteiger partial charge in [0.1, 0.15) is 5.76 Å². The molecule has 0 bridgehead atoms. The van der Waals surface area contributed by atoms with E-state index in [4.69, 9.17) is 10.6 Å². The quantitative estimate of drug-likeness (QED) is 0.623. The summed E-state index contributed by atoms with van der Waals surface area (Å²) in [6, 6.07) is 6.47. The van der Waals surface area contributed by atoms with Gasteiger partial charge in [-0.3, -0.25) is 11.3 Å². The molecule has 90 valence electrons. The molecule has 1 aliphatic carbocycles. The first-order valence-electron chi connectivity index (χ1n) is 5.48. The number of halogens is 1. The van der Waals surface area contributed by atoms with Gasteiger partial charge in [0, 0.05) is 6.04 Å². The van der Waals surface area contributed by atoms with Crippen LogP contribution in [0.15, 0.2) is 47.7 Å². The number of hydrogen-bond acceptors (Lipinski definition) is 3. The number of nitrogens with one attached hydrogen (secondary N) is 1. The highest BCUT2D eigenvalue weighted by atomic mass is 19.1. The molecular formula is C13H15FN2O. The van der Waals surface area contributed by atoms with Crippen LogP contribution in [0, 0.1) is 5.82 Å². The third-order valence-corrected chi connectivity index (χ3v) is 2.67. The van der Waals surface area contributed by atoms with E-state index in [0.717, 1.165) is 12.0 Å². The van der Waals surface area contributed by atoms with E-state index in [1.54, 1.807) is 18.2 Å². The van der Waals surface area contributed by atoms with Crippen LogP contribution in [-0.4, -0.2) is 6.04 Å². The van der Waals surface area contributed by atoms with Crippen molar-refractivity contribution in [2.45, 2.75) is 19.4 Å². The summed E-state index contributed by atoms with van der Waals surface area (Å²) in [5, 5.41) is 0. The van der Waals surface area contributed by atoms with Crippen LogP contribution in [0.3, 0.4) is 0 Å². The molecule has 17 heavy (non-hydrogen) atoms. The first-order chi connectivity index (χ1) is 8.20. The molecule has 2 rings (SSSR count). The van der Waals surface area contributed by atoms with Gasteiger partial charge in [-0.2, -0.15) is 0 Å². The van der Waals surface area contributed by atoms with Gasteiger partial charge in [-0.1, -0.05) is 18.2 Å². The molecule has 1 unspecified atom stereocenters. The summed E-state index contributed by atoms with van der Waals surface area (Å²) in [5.74, 6) is 5.93. The SMILES string of the molecule is CC1=CC(NN)CC=C1Oc1ccccc1F. The third-order valence-electron chi connectivity index (χ3n) is 2.67. The third kappa shape index (κ3) is 2.72. The highest BCUT2D eigenvalue weighted by Gasteiger charge is 2.14. The molecule has 0 saturated carbocycles. The van der Waals surface area contributed by atoms with Gasteiger partial charge in [0.2, 0.25) is 0 Å². The molecule has 0 spiro atoms. The van der Waals surface area contributed by atoms with Crippen molar-refractivity contribution in [1.29, 1.82) is 0 Å². The van der Waals surface area contributed by atoms with Crippen LogP contribution in [0.4, 0.5) is 4.39 Å². The maximum Gasteiger partial charge on any atom is 0.165 e. The predicted octanol–water partition coefficient (Wildman–Crippen LogP) is 2.27. The van der Waals surface area contributed by atoms with E-state index in [9.17, 15) is 4.39 Å². The Morgan fingerprint density at radius 2 is 2.18 bits per heavy atom. The highest BCUT2D eigenvalue weighted by Crippen LogP contribution is 2.24. The second-order valence-electron chi connectivity index (χ2n) is 3.96. The fraction of sp³-hybridized carbons (Fsp3) is 0.231. The molecule has 3 nitrogen and oxygen atoms in total. The molecule has 4 heteroatoms. The predicted molar refractivity (Wildman–Crippen MR) is 64.6 cm³/mol. The molecule has 0 radical (unpaired) electrons. The molecule has 1 aliphatic rings. The Kier molecular flexibility index (Phi) is 3.56. The lowest BCUT2D eigenvalue weighted by Crippen LogP contribution is -2.34. The van der Waals surface area contributed by atoms with Gasteiger partial charge < -0.3 is 4.74 Å². The summed E-state index contributed by atoms with van der Waals surface area (Å²) in [6.45, 7) is 1.91. The van der Waals surface area contributed by atoms with Gasteiger partial charge in [0.25, 0.3) is 0 Å². The molecule has 0 amide bonds. The second kappa shape index (κ2) is 5.12. The number of allylic oxidation sites excluding steroid dienone is 1. The Morgan fingerprint density at radius 3 is 2.82 bits per heavy atom. The molecule has 1 aromatic carbocycles. The number of hydrogen-bond donors (Lipinski definition) is 2. The van der Waals surface area contributed by atoms with Crippen molar-refractivity contribution >= 4 is 0 Å². The summed E-state index contributed by atoms with van der Waals surface area (Å²) in [6.07, 6.45) is 4.61. The second-order valence-corrected chi connectivity index (χ2v) is 3.96. The number of nitrogens with two attached hydrogens (primary N) is 1. The van der Waals surface area contributed by atoms with Gasteiger partial charge in [-0.25, -0.2) is 4.39 Å². The summed E-state index contributed by atoms with van der Waals surface area (Å²) in [5.41, 5.74) is 3.63. The van der Waals surface area contributed by atoms with Crippen molar-refractivity contribution in [3.8, 4) is 5.75 Å². The van der Waals surface area contributed by atoms with Crippen molar-refractivity contribution < 1.29 is 9.13 Å². The van der Waals surface area contributed by atoms with E-state index in [1.165, 1.54) is 6.07 Å². The monoisotopic (exact) mass is 234 g/mol. The van der Waals surface area contributed by atoms with Crippen molar-refractivity contribution in [2.24, 2.45) is 5.84 Å². The maximum absolute atomic E-state index is 13.4. The molecule has 1 atom stereocenters. The molecule has 0 fully saturated rings. The van der Waals surface area contributed by atoms with Crippen molar-refractivity contribution in [1.82, 2.24) is 5.43 Å². The molecule has 0 heterocycles. The van der Waals surface area contributed by atoms with Gasteiger partial charge in [0.05, 0.1) is 0 Å². The standard InChI is InChI=1S/C13H15FN2O/c1-9-8-10(16-15)6-7-12(9)17-13-5-3-2-4-11(13)14/h2-5,7-8,10,16H,6,15H2,1H3. The number of hydrazine groups is 1. The minimum atomic E-state index is -0.361. The van der Waals surface area contributed by atoms with Crippen LogP contribution < -0.4 is 16.0 Å². The van der Waals surface area contributed by atoms with E-state index in [2.05, 4.69) is 5.43 Å². The van der Waals surface area contributed by atoms with Gasteiger partial charge in [-0.05, 0) is 37.1 Å². The Hall–Kier alpha value is -1.65. The largest absolute Gasteiger partial charge is 0.454 e. The normalized spacial score (nSPS) is 19.6. The Labute approximate surface area is 99.7 Å². The molecule has 0 saturated heterocycles. The average Bonchev–Trinajstić information content (AvgIpc) is 2.34. The van der Waals surface area contributed by atoms with Crippen molar-refractivity contribution in [3.63, 3.8) is 0 Å². The highest BCUT2D eigenvalue weighted by molar-refractivity contribution is 5.35. The molecule has 0 aromatic heterocycles. The molecule has 0 aliphatic heterocycles. The van der Waals surface area contributed by atoms with Crippen LogP contribution >= 0.6 is 0 Å². The molecular weight excluding hydrogens is 219 g/mol. The van der Waals surface area contributed by atoms with E-state index in [-0.39, 0.29) is 17.6 Å². The van der Waals surface area contributed by atoms with Crippen molar-refractivity contribution in [3.05, 3.63) is 53.6 Å². The van der Waals surface area contributed by atoms with Crippen LogP contribution in [0.1, 0.15) is 13.3 Å². The minimum absolute atomic E-state index is 0.114. The summed E-state index contributed by atoms with van der Waals surface area (Å²) >= 11 is 0. The number of ether oxygens (including phenoxy) is 1. The number of rotatable bonds is 3. The van der Waals surface area contributed by atoms with E-state index >= 15 is 0 Å². The maximum atomic E-state index is 13.4. The molecule has 1 aromatic rings. The van der Waals surface area contributed by atoms with Crippen LogP contribution in [-0.2, 0) is 0 Å². The zero-order valence-corrected chi connectivity index (χ0v) is 9.61. The number of para-hydroxylation sites is 1. The van der Waals surface area contributed by atoms with Crippen LogP contribution in [0.2, 0.25) is 0 Å². The van der Waals surface area contributed by atoms with Gasteiger partial charge in [0.15, 0.2) is 11.6 Å². The van der Waals surface area contributed by atoms with Crippen LogP contribution in [0.25, 0.3) is 0 Å². The van der Waals surface area contributed by atoms with Gasteiger partial charge in [-0.15, -0.1) is 0 Å². The fourth-order valence-corrected chi connectivity index (χ4v) is 1.73. The molecule has 3 N–H and O–H groups in total. The summed E-state index contributed by atoms with van der Waals surface area (Å²) in [7, 11) is 0. The topological polar surface area (TPSA) is 47.3 Å². The van der Waals surface area contributed by atoms with E-state index < -0.39 is 0 Å². The smallest absolute Gasteiger partial charge is 0.165 e. The zero-order chi connectivity index (χ0) is 12.3. The first-order valence-corrected chi connectivity index (χ1v) is 5.48. The number of benzene rings is 1. The van der Waals surface area contributed by atoms with Gasteiger partial charge >= 0.3 is 0 Å². The summed E-state index contributed by atoms with van der Waals surface area (Å²) < 4.78 is 19.0. The lowest BCUT2D eigenvalue weighted by atomic mass is 10.0. The zero-order valence-electron chi connectivity index (χ0n) is 9.61. The lowest BCUT2D eigenvalue weighted by Gasteiger charge is -2.19. The van der Waals surface area contributed by atoms with E-state index in [1.807, 2.05) is 19.1 Å². The van der Waals surface area contributed by atoms with Crippen LogP contribution in [0.5, 0.6) is 5.75 Å². The minimum Gasteiger partial charge on any atom is -0.454 e. The Morgan fingerprint density at radius 1 is 1.41 bits per heavy atom.